The fourth-order valence-electron chi connectivity index (χ4n) is 1.55. The van der Waals surface area contributed by atoms with Crippen LogP contribution in [0.3, 0.4) is 0 Å². The van der Waals surface area contributed by atoms with Crippen LogP contribution in [0.4, 0.5) is 5.82 Å². The van der Waals surface area contributed by atoms with Crippen molar-refractivity contribution in [1.82, 2.24) is 9.97 Å². The Morgan fingerprint density at radius 3 is 2.81 bits per heavy atom. The van der Waals surface area contributed by atoms with Gasteiger partial charge >= 0.3 is 0 Å². The fraction of sp³-hybridized carbons (Fsp3) is 0.273. The van der Waals surface area contributed by atoms with Gasteiger partial charge in [0, 0.05) is 16.3 Å². The molecule has 0 aliphatic rings. The van der Waals surface area contributed by atoms with Gasteiger partial charge in [-0.2, -0.15) is 0 Å². The van der Waals surface area contributed by atoms with E-state index in [9.17, 15) is 0 Å². The molecule has 0 atom stereocenters. The second kappa shape index (κ2) is 4.76. The van der Waals surface area contributed by atoms with Crippen LogP contribution in [0.1, 0.15) is 12.2 Å². The molecule has 0 bridgehead atoms. The summed E-state index contributed by atoms with van der Waals surface area (Å²) in [6, 6.07) is 5.79. The summed E-state index contributed by atoms with van der Waals surface area (Å²) in [4.78, 5) is 8.72. The van der Waals surface area contributed by atoms with Crippen molar-refractivity contribution in [3.8, 4) is 0 Å². The zero-order chi connectivity index (χ0) is 11.5. The summed E-state index contributed by atoms with van der Waals surface area (Å²) >= 11 is 3.41. The number of nitrogen functional groups attached to an aromatic ring is 1. The number of aryl methyl sites for hydroxylation is 1. The van der Waals surface area contributed by atoms with E-state index in [1.807, 2.05) is 18.2 Å². The van der Waals surface area contributed by atoms with Gasteiger partial charge in [-0.25, -0.2) is 9.97 Å². The Kier molecular flexibility index (Phi) is 3.36. The first-order valence-electron chi connectivity index (χ1n) is 5.12. The Morgan fingerprint density at radius 1 is 1.25 bits per heavy atom. The molecule has 1 aromatic heterocycles. The van der Waals surface area contributed by atoms with E-state index >= 15 is 0 Å². The van der Waals surface area contributed by atoms with E-state index in [-0.39, 0.29) is 0 Å². The summed E-state index contributed by atoms with van der Waals surface area (Å²) in [5, 5.41) is 0.889. The zero-order valence-electron chi connectivity index (χ0n) is 8.78. The third-order valence-corrected chi connectivity index (χ3v) is 2.83. The molecule has 1 heterocycles. The Bertz CT molecular complexity index is 513. The summed E-state index contributed by atoms with van der Waals surface area (Å²) in [6.45, 7) is 0.639. The Hall–Kier alpha value is -1.20. The predicted octanol–water partition coefficient (Wildman–Crippen LogP) is 1.87. The third kappa shape index (κ3) is 2.31. The number of halogens is 1. The molecule has 1 aromatic carbocycles. The van der Waals surface area contributed by atoms with Gasteiger partial charge in [-0.15, -0.1) is 0 Å². The lowest BCUT2D eigenvalue weighted by Gasteiger charge is -2.05. The molecule has 5 heteroatoms. The van der Waals surface area contributed by atoms with E-state index in [0.717, 1.165) is 34.0 Å². The Morgan fingerprint density at radius 2 is 2.06 bits per heavy atom. The maximum Gasteiger partial charge on any atom is 0.135 e. The normalized spacial score (nSPS) is 10.9. The van der Waals surface area contributed by atoms with Gasteiger partial charge in [0.2, 0.25) is 0 Å². The van der Waals surface area contributed by atoms with Crippen LogP contribution in [0, 0.1) is 0 Å². The number of aromatic nitrogens is 2. The zero-order valence-corrected chi connectivity index (χ0v) is 10.4. The van der Waals surface area contributed by atoms with Crippen molar-refractivity contribution < 1.29 is 0 Å². The van der Waals surface area contributed by atoms with Crippen LogP contribution in [-0.2, 0) is 6.42 Å². The molecule has 4 N–H and O–H groups in total. The van der Waals surface area contributed by atoms with Crippen LogP contribution >= 0.6 is 15.9 Å². The fourth-order valence-corrected chi connectivity index (χ4v) is 1.90. The summed E-state index contributed by atoms with van der Waals surface area (Å²) in [5.41, 5.74) is 12.2. The van der Waals surface area contributed by atoms with E-state index in [2.05, 4.69) is 25.9 Å². The van der Waals surface area contributed by atoms with Gasteiger partial charge in [0.15, 0.2) is 0 Å². The van der Waals surface area contributed by atoms with Gasteiger partial charge in [-0.3, -0.25) is 0 Å². The number of rotatable bonds is 3. The quantitative estimate of drug-likeness (QED) is 0.900. The van der Waals surface area contributed by atoms with Crippen LogP contribution in [0.25, 0.3) is 10.9 Å². The molecule has 0 aliphatic carbocycles. The second-order valence-corrected chi connectivity index (χ2v) is 4.49. The minimum atomic E-state index is 0.532. The SMILES string of the molecule is NCCCc1nc(N)c2ccc(Br)cc2n1. The van der Waals surface area contributed by atoms with Crippen molar-refractivity contribution in [1.29, 1.82) is 0 Å². The molecule has 2 rings (SSSR count). The number of anilines is 1. The van der Waals surface area contributed by atoms with Crippen molar-refractivity contribution in [3.63, 3.8) is 0 Å². The van der Waals surface area contributed by atoms with Crippen LogP contribution in [0.15, 0.2) is 22.7 Å². The predicted molar refractivity (Wildman–Crippen MR) is 69.0 cm³/mol. The van der Waals surface area contributed by atoms with Crippen molar-refractivity contribution in [2.24, 2.45) is 5.73 Å². The van der Waals surface area contributed by atoms with E-state index < -0.39 is 0 Å². The Balaban J connectivity index is 2.47. The number of fused-ring (bicyclic) bond motifs is 1. The number of nitrogens with zero attached hydrogens (tertiary/aromatic N) is 2. The number of nitrogens with two attached hydrogens (primary N) is 2. The summed E-state index contributed by atoms with van der Waals surface area (Å²) in [5.74, 6) is 1.29. The Labute approximate surface area is 102 Å². The summed E-state index contributed by atoms with van der Waals surface area (Å²) < 4.78 is 0.989. The maximum absolute atomic E-state index is 5.88. The molecule has 2 aromatic rings. The maximum atomic E-state index is 5.88. The first kappa shape index (κ1) is 11.3. The monoisotopic (exact) mass is 280 g/mol. The third-order valence-electron chi connectivity index (χ3n) is 2.34. The molecule has 0 saturated carbocycles. The van der Waals surface area contributed by atoms with E-state index in [1.54, 1.807) is 0 Å². The molecule has 0 fully saturated rings. The average Bonchev–Trinajstić information content (AvgIpc) is 2.25. The highest BCUT2D eigenvalue weighted by Gasteiger charge is 2.05. The standard InChI is InChI=1S/C11H13BrN4/c12-7-3-4-8-9(6-7)15-10(2-1-5-13)16-11(8)14/h3-4,6H,1-2,5,13H2,(H2,14,15,16). The number of hydrogen-bond acceptors (Lipinski definition) is 4. The molecule has 0 radical (unpaired) electrons. The molecule has 0 saturated heterocycles. The molecule has 84 valence electrons. The molecule has 0 aliphatic heterocycles. The van der Waals surface area contributed by atoms with Crippen molar-refractivity contribution in [2.75, 3.05) is 12.3 Å². The highest BCUT2D eigenvalue weighted by Crippen LogP contribution is 2.22. The molecule has 4 nitrogen and oxygen atoms in total. The van der Waals surface area contributed by atoms with Gasteiger partial charge in [-0.1, -0.05) is 15.9 Å². The molecular formula is C11H13BrN4. The first-order valence-corrected chi connectivity index (χ1v) is 5.91. The average molecular weight is 281 g/mol. The summed E-state index contributed by atoms with van der Waals surface area (Å²) in [7, 11) is 0. The first-order chi connectivity index (χ1) is 7.70. The lowest BCUT2D eigenvalue weighted by molar-refractivity contribution is 0.788. The summed E-state index contributed by atoms with van der Waals surface area (Å²) in [6.07, 6.45) is 1.64. The van der Waals surface area contributed by atoms with Gasteiger partial charge in [0.1, 0.15) is 11.6 Å². The van der Waals surface area contributed by atoms with Gasteiger partial charge < -0.3 is 11.5 Å². The minimum Gasteiger partial charge on any atom is -0.383 e. The lowest BCUT2D eigenvalue weighted by Crippen LogP contribution is -2.05. The van der Waals surface area contributed by atoms with Crippen LogP contribution in [-0.4, -0.2) is 16.5 Å². The van der Waals surface area contributed by atoms with Gasteiger partial charge in [0.05, 0.1) is 5.52 Å². The molecule has 0 spiro atoms. The highest BCUT2D eigenvalue weighted by molar-refractivity contribution is 9.10. The lowest BCUT2D eigenvalue weighted by atomic mass is 10.2. The van der Waals surface area contributed by atoms with Crippen molar-refractivity contribution in [3.05, 3.63) is 28.5 Å². The molecular weight excluding hydrogens is 268 g/mol. The van der Waals surface area contributed by atoms with Crippen molar-refractivity contribution in [2.45, 2.75) is 12.8 Å². The number of benzene rings is 1. The minimum absolute atomic E-state index is 0.532. The van der Waals surface area contributed by atoms with E-state index in [0.29, 0.717) is 12.4 Å². The second-order valence-electron chi connectivity index (χ2n) is 3.58. The largest absolute Gasteiger partial charge is 0.383 e. The smallest absolute Gasteiger partial charge is 0.135 e. The molecule has 16 heavy (non-hydrogen) atoms. The van der Waals surface area contributed by atoms with Crippen molar-refractivity contribution >= 4 is 32.7 Å². The van der Waals surface area contributed by atoms with Crippen LogP contribution in [0.2, 0.25) is 0 Å². The van der Waals surface area contributed by atoms with Crippen LogP contribution in [0.5, 0.6) is 0 Å². The molecule has 0 unspecified atom stereocenters. The number of hydrogen-bond donors (Lipinski definition) is 2. The van der Waals surface area contributed by atoms with Gasteiger partial charge in [-0.05, 0) is 31.2 Å². The van der Waals surface area contributed by atoms with E-state index in [1.165, 1.54) is 0 Å². The van der Waals surface area contributed by atoms with Gasteiger partial charge in [0.25, 0.3) is 0 Å². The topological polar surface area (TPSA) is 77.8 Å². The molecule has 0 amide bonds. The highest BCUT2D eigenvalue weighted by atomic mass is 79.9. The van der Waals surface area contributed by atoms with E-state index in [4.69, 9.17) is 11.5 Å². The van der Waals surface area contributed by atoms with Crippen LogP contribution < -0.4 is 11.5 Å².